The van der Waals surface area contributed by atoms with E-state index in [2.05, 4.69) is 22.6 Å². The first-order chi connectivity index (χ1) is 7.50. The van der Waals surface area contributed by atoms with Gasteiger partial charge in [0.15, 0.2) is 0 Å². The Labute approximate surface area is 111 Å². The van der Waals surface area contributed by atoms with Gasteiger partial charge in [0.25, 0.3) is 0 Å². The van der Waals surface area contributed by atoms with E-state index in [0.29, 0.717) is 0 Å². The summed E-state index contributed by atoms with van der Waals surface area (Å²) in [4.78, 5) is 11.6. The lowest BCUT2D eigenvalue weighted by molar-refractivity contribution is -0.152. The second kappa shape index (κ2) is 6.19. The summed E-state index contributed by atoms with van der Waals surface area (Å²) in [6.07, 6.45) is 4.71. The van der Waals surface area contributed by atoms with Crippen molar-refractivity contribution in [1.82, 2.24) is 0 Å². The Morgan fingerprint density at radius 3 is 2.50 bits per heavy atom. The van der Waals surface area contributed by atoms with Crippen LogP contribution in [0.3, 0.4) is 0 Å². The van der Waals surface area contributed by atoms with Crippen LogP contribution < -0.4 is 0 Å². The summed E-state index contributed by atoms with van der Waals surface area (Å²) in [5.74, 6) is -0.102. The normalized spacial score (nSPS) is 32.1. The van der Waals surface area contributed by atoms with Gasteiger partial charge in [-0.2, -0.15) is 0 Å². The lowest BCUT2D eigenvalue weighted by Gasteiger charge is -2.35. The number of ether oxygens (including phenoxy) is 1. The zero-order valence-electron chi connectivity index (χ0n) is 10.0. The number of halogens is 1. The van der Waals surface area contributed by atoms with Crippen LogP contribution in [-0.2, 0) is 9.53 Å². The molecule has 0 spiro atoms. The molecule has 0 aromatic rings. The fourth-order valence-corrected chi connectivity index (χ4v) is 2.15. The topological polar surface area (TPSA) is 46.5 Å². The van der Waals surface area contributed by atoms with Crippen molar-refractivity contribution in [2.24, 2.45) is 0 Å². The van der Waals surface area contributed by atoms with E-state index in [-0.39, 0.29) is 16.0 Å². The molecule has 1 fully saturated rings. The monoisotopic (exact) mass is 340 g/mol. The molecule has 0 radical (unpaired) electrons. The van der Waals surface area contributed by atoms with E-state index in [1.54, 1.807) is 0 Å². The smallest absolute Gasteiger partial charge is 0.319 e. The van der Waals surface area contributed by atoms with Gasteiger partial charge in [-0.25, -0.2) is 0 Å². The highest BCUT2D eigenvalue weighted by Gasteiger charge is 2.33. The molecule has 3 nitrogen and oxygen atoms in total. The Kier molecular flexibility index (Phi) is 5.50. The molecule has 0 bridgehead atoms. The molecule has 1 atom stereocenters. The van der Waals surface area contributed by atoms with Crippen molar-refractivity contribution in [2.45, 2.75) is 68.0 Å². The summed E-state index contributed by atoms with van der Waals surface area (Å²) < 4.78 is 5.39. The summed E-state index contributed by atoms with van der Waals surface area (Å²) in [5.41, 5.74) is -0.516. The number of aliphatic hydroxyl groups is 1. The Bertz CT molecular complexity index is 234. The van der Waals surface area contributed by atoms with Crippen LogP contribution in [0.2, 0.25) is 0 Å². The van der Waals surface area contributed by atoms with Crippen molar-refractivity contribution in [2.75, 3.05) is 0 Å². The molecule has 1 aliphatic carbocycles. The minimum atomic E-state index is -0.516. The molecular formula is C12H21IO3. The molecule has 0 saturated heterocycles. The summed E-state index contributed by atoms with van der Waals surface area (Å²) in [5, 5.41) is 10.0. The molecule has 16 heavy (non-hydrogen) atoms. The third-order valence-electron chi connectivity index (χ3n) is 3.42. The maximum Gasteiger partial charge on any atom is 0.319 e. The zero-order valence-corrected chi connectivity index (χ0v) is 12.2. The molecule has 0 aromatic heterocycles. The average molecular weight is 340 g/mol. The molecular weight excluding hydrogens is 319 g/mol. The summed E-state index contributed by atoms with van der Waals surface area (Å²) in [6, 6.07) is 0. The number of hydrogen-bond acceptors (Lipinski definition) is 3. The van der Waals surface area contributed by atoms with Crippen molar-refractivity contribution in [3.8, 4) is 0 Å². The van der Waals surface area contributed by atoms with E-state index < -0.39 is 5.60 Å². The van der Waals surface area contributed by atoms with Crippen LogP contribution in [0.5, 0.6) is 0 Å². The molecule has 1 rings (SSSR count). The number of rotatable bonds is 4. The first-order valence-corrected chi connectivity index (χ1v) is 7.32. The lowest BCUT2D eigenvalue weighted by Crippen LogP contribution is -2.37. The first kappa shape index (κ1) is 14.2. The van der Waals surface area contributed by atoms with E-state index >= 15 is 0 Å². The van der Waals surface area contributed by atoms with Crippen molar-refractivity contribution in [3.05, 3.63) is 0 Å². The van der Waals surface area contributed by atoms with Gasteiger partial charge in [0.1, 0.15) is 10.0 Å². The van der Waals surface area contributed by atoms with Crippen molar-refractivity contribution >= 4 is 28.6 Å². The molecule has 0 aromatic carbocycles. The van der Waals surface area contributed by atoms with Gasteiger partial charge in [0, 0.05) is 0 Å². The molecule has 1 unspecified atom stereocenters. The van der Waals surface area contributed by atoms with E-state index in [9.17, 15) is 9.90 Å². The van der Waals surface area contributed by atoms with Crippen molar-refractivity contribution in [1.29, 1.82) is 0 Å². The van der Waals surface area contributed by atoms with Gasteiger partial charge in [-0.3, -0.25) is 4.79 Å². The van der Waals surface area contributed by atoms with Crippen LogP contribution in [0.1, 0.15) is 52.4 Å². The Balaban J connectivity index is 2.35. The third kappa shape index (κ3) is 3.87. The summed E-state index contributed by atoms with van der Waals surface area (Å²) in [6.45, 7) is 3.99. The number of esters is 1. The molecule has 0 amide bonds. The largest absolute Gasteiger partial charge is 0.462 e. The predicted octanol–water partition coefficient (Wildman–Crippen LogP) is 2.83. The quantitative estimate of drug-likeness (QED) is 0.486. The maximum absolute atomic E-state index is 11.6. The van der Waals surface area contributed by atoms with Gasteiger partial charge in [-0.05, 0) is 38.5 Å². The van der Waals surface area contributed by atoms with E-state index in [4.69, 9.17) is 4.74 Å². The standard InChI is InChI=1S/C12H21IO3/c1-3-10(13)11(14)16-9-5-7-12(15,4-2)8-6-9/h9-10,15H,3-8H2,1-2H3. The zero-order chi connectivity index (χ0) is 12.2. The number of carbonyl (C=O) groups is 1. The molecule has 0 aliphatic heterocycles. The number of alkyl halides is 1. The Morgan fingerprint density at radius 2 is 2.06 bits per heavy atom. The Hall–Kier alpha value is 0.160. The minimum absolute atomic E-state index is 0.0168. The average Bonchev–Trinajstić information content (AvgIpc) is 2.31. The van der Waals surface area contributed by atoms with Crippen LogP contribution in [0, 0.1) is 0 Å². The highest BCUT2D eigenvalue weighted by atomic mass is 127. The van der Waals surface area contributed by atoms with Gasteiger partial charge in [0.2, 0.25) is 0 Å². The summed E-state index contributed by atoms with van der Waals surface area (Å²) >= 11 is 2.12. The van der Waals surface area contributed by atoms with Crippen LogP contribution in [0.4, 0.5) is 0 Å². The molecule has 4 heteroatoms. The van der Waals surface area contributed by atoms with Gasteiger partial charge >= 0.3 is 5.97 Å². The molecule has 1 N–H and O–H groups in total. The third-order valence-corrected chi connectivity index (χ3v) is 4.81. The van der Waals surface area contributed by atoms with Gasteiger partial charge < -0.3 is 9.84 Å². The SMILES string of the molecule is CCC(I)C(=O)OC1CCC(O)(CC)CC1. The minimum Gasteiger partial charge on any atom is -0.462 e. The fraction of sp³-hybridized carbons (Fsp3) is 0.917. The van der Waals surface area contributed by atoms with Gasteiger partial charge in [-0.1, -0.05) is 36.4 Å². The molecule has 1 saturated carbocycles. The Morgan fingerprint density at radius 1 is 1.50 bits per heavy atom. The van der Waals surface area contributed by atoms with Crippen LogP contribution in [0.15, 0.2) is 0 Å². The fourth-order valence-electron chi connectivity index (χ4n) is 2.00. The number of hydrogen-bond donors (Lipinski definition) is 1. The van der Waals surface area contributed by atoms with Crippen LogP contribution >= 0.6 is 22.6 Å². The van der Waals surface area contributed by atoms with Gasteiger partial charge in [0.05, 0.1) is 5.60 Å². The van der Waals surface area contributed by atoms with E-state index in [1.165, 1.54) is 0 Å². The van der Waals surface area contributed by atoms with E-state index in [0.717, 1.165) is 38.5 Å². The predicted molar refractivity (Wildman–Crippen MR) is 71.7 cm³/mol. The lowest BCUT2D eigenvalue weighted by atomic mass is 9.81. The van der Waals surface area contributed by atoms with Crippen molar-refractivity contribution < 1.29 is 14.6 Å². The number of carbonyl (C=O) groups excluding carboxylic acids is 1. The van der Waals surface area contributed by atoms with Crippen LogP contribution in [0.25, 0.3) is 0 Å². The van der Waals surface area contributed by atoms with Gasteiger partial charge in [-0.15, -0.1) is 0 Å². The molecule has 0 heterocycles. The molecule has 94 valence electrons. The second-order valence-corrected chi connectivity index (χ2v) is 6.09. The van der Waals surface area contributed by atoms with Crippen LogP contribution in [-0.4, -0.2) is 26.7 Å². The first-order valence-electron chi connectivity index (χ1n) is 6.07. The van der Waals surface area contributed by atoms with E-state index in [1.807, 2.05) is 13.8 Å². The second-order valence-electron chi connectivity index (χ2n) is 4.59. The van der Waals surface area contributed by atoms with Crippen molar-refractivity contribution in [3.63, 3.8) is 0 Å². The molecule has 1 aliphatic rings. The summed E-state index contributed by atoms with van der Waals surface area (Å²) in [7, 11) is 0. The highest BCUT2D eigenvalue weighted by Crippen LogP contribution is 2.32. The maximum atomic E-state index is 11.6. The highest BCUT2D eigenvalue weighted by molar-refractivity contribution is 14.1.